The Hall–Kier alpha value is -3.91. The van der Waals surface area contributed by atoms with Crippen molar-refractivity contribution in [3.8, 4) is 0 Å². The first kappa shape index (κ1) is 22.9. The highest BCUT2D eigenvalue weighted by Gasteiger charge is 2.31. The molecule has 0 saturated heterocycles. The van der Waals surface area contributed by atoms with Crippen LogP contribution in [0.15, 0.2) is 71.5 Å². The zero-order chi connectivity index (χ0) is 24.7. The molecule has 4 aromatic rings. The largest absolute Gasteiger partial charge is 0.416 e. The third-order valence-electron chi connectivity index (χ3n) is 5.78. The molecule has 176 valence electrons. The van der Waals surface area contributed by atoms with E-state index in [0.717, 1.165) is 23.3 Å². The van der Waals surface area contributed by atoms with Crippen molar-refractivity contribution in [2.24, 2.45) is 0 Å². The summed E-state index contributed by atoms with van der Waals surface area (Å²) in [6, 6.07) is 16.7. The van der Waals surface area contributed by atoms with Crippen molar-refractivity contribution in [1.82, 2.24) is 9.55 Å². The molecule has 1 N–H and O–H groups in total. The highest BCUT2D eigenvalue weighted by molar-refractivity contribution is 6.34. The molecule has 0 radical (unpaired) electrons. The van der Waals surface area contributed by atoms with Crippen molar-refractivity contribution in [3.63, 3.8) is 0 Å². The molecule has 2 heterocycles. The molecule has 1 aliphatic heterocycles. The van der Waals surface area contributed by atoms with Crippen molar-refractivity contribution in [3.05, 3.63) is 105 Å². The number of hydrogen-bond acceptors (Lipinski definition) is 3. The Kier molecular flexibility index (Phi) is 5.68. The van der Waals surface area contributed by atoms with Crippen molar-refractivity contribution < 1.29 is 18.0 Å². The fourth-order valence-corrected chi connectivity index (χ4v) is 4.30. The van der Waals surface area contributed by atoms with Gasteiger partial charge in [0.25, 0.3) is 11.5 Å². The Morgan fingerprint density at radius 2 is 1.86 bits per heavy atom. The van der Waals surface area contributed by atoms with Crippen LogP contribution < -0.4 is 10.9 Å². The van der Waals surface area contributed by atoms with Crippen LogP contribution in [0.1, 0.15) is 33.7 Å². The number of anilines is 1. The van der Waals surface area contributed by atoms with Gasteiger partial charge in [0.15, 0.2) is 0 Å². The zero-order valence-corrected chi connectivity index (χ0v) is 18.8. The number of aromatic nitrogens is 2. The summed E-state index contributed by atoms with van der Waals surface area (Å²) in [4.78, 5) is 29.8. The van der Waals surface area contributed by atoms with E-state index in [9.17, 15) is 22.8 Å². The van der Waals surface area contributed by atoms with Crippen LogP contribution in [0.25, 0.3) is 22.6 Å². The summed E-state index contributed by atoms with van der Waals surface area (Å²) in [5, 5.41) is 3.29. The average Bonchev–Trinajstić information content (AvgIpc) is 3.21. The van der Waals surface area contributed by atoms with E-state index in [1.807, 2.05) is 12.1 Å². The summed E-state index contributed by atoms with van der Waals surface area (Å²) in [7, 11) is 0. The van der Waals surface area contributed by atoms with E-state index >= 15 is 0 Å². The summed E-state index contributed by atoms with van der Waals surface area (Å²) < 4.78 is 40.9. The van der Waals surface area contributed by atoms with Crippen LogP contribution in [0.3, 0.4) is 0 Å². The molecule has 0 saturated carbocycles. The number of allylic oxidation sites excluding steroid dienone is 1. The topological polar surface area (TPSA) is 64.0 Å². The van der Waals surface area contributed by atoms with Gasteiger partial charge in [0.05, 0.1) is 27.1 Å². The second-order valence-corrected chi connectivity index (χ2v) is 8.51. The molecule has 0 fully saturated rings. The number of amides is 1. The van der Waals surface area contributed by atoms with E-state index in [1.54, 1.807) is 42.5 Å². The van der Waals surface area contributed by atoms with Crippen LogP contribution in [0, 0.1) is 0 Å². The molecule has 0 bridgehead atoms. The second-order valence-electron chi connectivity index (χ2n) is 8.10. The number of fused-ring (bicyclic) bond motifs is 2. The standard InChI is InChI=1S/C26H17ClF3N3O2/c27-21-7-2-1-6-19(21)24(34)31-18-5-3-4-15(13-18)12-16-10-11-33-23(16)32-22-14-17(26(28,29)30)8-9-20(22)25(33)35/h1-9,12-14H,10-11H2,(H,31,34)/b16-12+. The van der Waals surface area contributed by atoms with E-state index in [1.165, 1.54) is 10.6 Å². The van der Waals surface area contributed by atoms with Gasteiger partial charge in [-0.15, -0.1) is 0 Å². The first-order chi connectivity index (χ1) is 16.7. The number of benzene rings is 3. The van der Waals surface area contributed by atoms with Gasteiger partial charge in [-0.3, -0.25) is 14.2 Å². The normalized spacial score (nSPS) is 14.3. The lowest BCUT2D eigenvalue weighted by molar-refractivity contribution is -0.137. The Morgan fingerprint density at radius 1 is 1.06 bits per heavy atom. The molecule has 3 aromatic carbocycles. The number of alkyl halides is 3. The maximum Gasteiger partial charge on any atom is 0.416 e. The maximum absolute atomic E-state index is 13.2. The van der Waals surface area contributed by atoms with Gasteiger partial charge in [-0.25, -0.2) is 4.98 Å². The van der Waals surface area contributed by atoms with Crippen molar-refractivity contribution in [2.75, 3.05) is 5.32 Å². The first-order valence-corrected chi connectivity index (χ1v) is 11.1. The Morgan fingerprint density at radius 3 is 2.63 bits per heavy atom. The fraction of sp³-hybridized carbons (Fsp3) is 0.115. The minimum atomic E-state index is -4.53. The summed E-state index contributed by atoms with van der Waals surface area (Å²) in [6.45, 7) is 0.382. The number of nitrogens with zero attached hydrogens (tertiary/aromatic N) is 2. The predicted octanol–water partition coefficient (Wildman–Crippen LogP) is 6.27. The average molecular weight is 496 g/mol. The molecule has 1 aliphatic rings. The van der Waals surface area contributed by atoms with Gasteiger partial charge < -0.3 is 5.32 Å². The van der Waals surface area contributed by atoms with E-state index in [2.05, 4.69) is 10.3 Å². The van der Waals surface area contributed by atoms with Crippen LogP contribution in [-0.2, 0) is 12.7 Å². The van der Waals surface area contributed by atoms with Crippen LogP contribution >= 0.6 is 11.6 Å². The predicted molar refractivity (Wildman–Crippen MR) is 129 cm³/mol. The third kappa shape index (κ3) is 4.44. The lowest BCUT2D eigenvalue weighted by Gasteiger charge is -2.10. The number of carbonyl (C=O) groups excluding carboxylic acids is 1. The number of hydrogen-bond donors (Lipinski definition) is 1. The molecular formula is C26H17ClF3N3O2. The molecule has 35 heavy (non-hydrogen) atoms. The van der Waals surface area contributed by atoms with Crippen molar-refractivity contribution >= 4 is 45.7 Å². The molecule has 1 amide bonds. The van der Waals surface area contributed by atoms with Crippen LogP contribution in [0.2, 0.25) is 5.02 Å². The lowest BCUT2D eigenvalue weighted by atomic mass is 10.1. The van der Waals surface area contributed by atoms with E-state index < -0.39 is 11.7 Å². The van der Waals surface area contributed by atoms with Gasteiger partial charge in [0.1, 0.15) is 5.82 Å². The highest BCUT2D eigenvalue weighted by Crippen LogP contribution is 2.32. The fourth-order valence-electron chi connectivity index (χ4n) is 4.08. The molecule has 5 nitrogen and oxygen atoms in total. The first-order valence-electron chi connectivity index (χ1n) is 10.7. The zero-order valence-electron chi connectivity index (χ0n) is 18.1. The summed E-state index contributed by atoms with van der Waals surface area (Å²) in [5.41, 5.74) is 1.12. The van der Waals surface area contributed by atoms with E-state index in [-0.39, 0.29) is 22.4 Å². The Balaban J connectivity index is 1.49. The number of nitrogens with one attached hydrogen (secondary N) is 1. The molecule has 1 aromatic heterocycles. The van der Waals surface area contributed by atoms with Crippen LogP contribution in [-0.4, -0.2) is 15.5 Å². The van der Waals surface area contributed by atoms with Gasteiger partial charge in [0, 0.05) is 12.2 Å². The van der Waals surface area contributed by atoms with Gasteiger partial charge in [-0.2, -0.15) is 13.2 Å². The number of carbonyl (C=O) groups is 1. The lowest BCUT2D eigenvalue weighted by Crippen LogP contribution is -2.21. The summed E-state index contributed by atoms with van der Waals surface area (Å²) in [5.74, 6) is -0.0147. The third-order valence-corrected chi connectivity index (χ3v) is 6.11. The molecule has 9 heteroatoms. The van der Waals surface area contributed by atoms with Crippen LogP contribution in [0.5, 0.6) is 0 Å². The summed E-state index contributed by atoms with van der Waals surface area (Å²) >= 11 is 6.10. The van der Waals surface area contributed by atoms with Gasteiger partial charge in [-0.05, 0) is 66.1 Å². The Bertz CT molecular complexity index is 1570. The maximum atomic E-state index is 13.2. The SMILES string of the molecule is O=C(Nc1cccc(/C=C2\CCn3c2nc2cc(C(F)(F)F)ccc2c3=O)c1)c1ccccc1Cl. The molecule has 5 rings (SSSR count). The minimum absolute atomic E-state index is 0.00429. The van der Waals surface area contributed by atoms with Gasteiger partial charge in [-0.1, -0.05) is 35.9 Å². The molecule has 0 atom stereocenters. The van der Waals surface area contributed by atoms with E-state index in [4.69, 9.17) is 11.6 Å². The van der Waals surface area contributed by atoms with Gasteiger partial charge in [0.2, 0.25) is 0 Å². The monoisotopic (exact) mass is 495 g/mol. The highest BCUT2D eigenvalue weighted by atomic mass is 35.5. The van der Waals surface area contributed by atoms with Crippen molar-refractivity contribution in [1.29, 1.82) is 0 Å². The molecule has 0 aliphatic carbocycles. The second kappa shape index (κ2) is 8.70. The quantitative estimate of drug-likeness (QED) is 0.364. The summed E-state index contributed by atoms with van der Waals surface area (Å²) in [6.07, 6.45) is -2.21. The molecule has 0 spiro atoms. The Labute approximate surface area is 202 Å². The van der Waals surface area contributed by atoms with Gasteiger partial charge >= 0.3 is 6.18 Å². The number of rotatable bonds is 3. The smallest absolute Gasteiger partial charge is 0.322 e. The molecule has 0 unspecified atom stereocenters. The minimum Gasteiger partial charge on any atom is -0.322 e. The number of halogens is 4. The van der Waals surface area contributed by atoms with Crippen LogP contribution in [0.4, 0.5) is 18.9 Å². The van der Waals surface area contributed by atoms with E-state index in [0.29, 0.717) is 35.1 Å². The van der Waals surface area contributed by atoms with Crippen molar-refractivity contribution in [2.45, 2.75) is 19.1 Å². The molecular weight excluding hydrogens is 479 g/mol.